The molecule has 1 aromatic rings. The van der Waals surface area contributed by atoms with Crippen LogP contribution in [0.4, 0.5) is 0 Å². The van der Waals surface area contributed by atoms with Crippen LogP contribution in [0.5, 0.6) is 0 Å². The molecule has 0 aliphatic carbocycles. The van der Waals surface area contributed by atoms with E-state index in [2.05, 4.69) is 6.07 Å². The van der Waals surface area contributed by atoms with Gasteiger partial charge in [0.25, 0.3) is 0 Å². The van der Waals surface area contributed by atoms with Crippen molar-refractivity contribution in [2.24, 2.45) is 0 Å². The minimum atomic E-state index is -2.07. The molecular weight excluding hydrogens is 167 g/mol. The minimum absolute atomic E-state index is 0.986. The summed E-state index contributed by atoms with van der Waals surface area (Å²) in [6, 6.07) is 6.11. The molecule has 0 fully saturated rings. The second-order valence-corrected chi connectivity index (χ2v) is 6.91. The highest BCUT2D eigenvalue weighted by Crippen LogP contribution is 2.34. The highest BCUT2D eigenvalue weighted by atomic mass is 31.2. The van der Waals surface area contributed by atoms with Crippen LogP contribution in [0.2, 0.25) is 0 Å². The summed E-state index contributed by atoms with van der Waals surface area (Å²) in [5.74, 6) is 0. The molecule has 0 radical (unpaired) electrons. The topological polar surface area (TPSA) is 17.1 Å². The van der Waals surface area contributed by atoms with Crippen molar-refractivity contribution in [2.75, 3.05) is 13.3 Å². The van der Waals surface area contributed by atoms with E-state index in [0.717, 1.165) is 5.30 Å². The van der Waals surface area contributed by atoms with Gasteiger partial charge in [-0.25, -0.2) is 0 Å². The molecule has 0 spiro atoms. The second-order valence-electron chi connectivity index (χ2n) is 3.70. The van der Waals surface area contributed by atoms with E-state index in [-0.39, 0.29) is 0 Å². The molecule has 0 heterocycles. The van der Waals surface area contributed by atoms with Crippen molar-refractivity contribution < 1.29 is 4.57 Å². The number of hydrogen-bond donors (Lipinski definition) is 0. The van der Waals surface area contributed by atoms with E-state index in [4.69, 9.17) is 0 Å². The van der Waals surface area contributed by atoms with E-state index in [0.29, 0.717) is 0 Å². The van der Waals surface area contributed by atoms with Crippen molar-refractivity contribution >= 4 is 12.4 Å². The van der Waals surface area contributed by atoms with Crippen LogP contribution < -0.4 is 5.30 Å². The quantitative estimate of drug-likeness (QED) is 0.610. The smallest absolute Gasteiger partial charge is 0.109 e. The second kappa shape index (κ2) is 3.06. The van der Waals surface area contributed by atoms with Gasteiger partial charge in [-0.2, -0.15) is 0 Å². The highest BCUT2D eigenvalue weighted by Gasteiger charge is 2.10. The van der Waals surface area contributed by atoms with Gasteiger partial charge in [-0.3, -0.25) is 0 Å². The third-order valence-corrected chi connectivity index (χ3v) is 3.33. The Balaban J connectivity index is 3.27. The van der Waals surface area contributed by atoms with Gasteiger partial charge in [0, 0.05) is 5.30 Å². The fourth-order valence-electron chi connectivity index (χ4n) is 1.26. The van der Waals surface area contributed by atoms with Gasteiger partial charge in [0.2, 0.25) is 0 Å². The third-order valence-electron chi connectivity index (χ3n) is 1.83. The maximum atomic E-state index is 11.7. The predicted molar refractivity (Wildman–Crippen MR) is 55.0 cm³/mol. The Morgan fingerprint density at radius 2 is 1.42 bits per heavy atom. The molecule has 0 saturated carbocycles. The van der Waals surface area contributed by atoms with Gasteiger partial charge in [-0.1, -0.05) is 17.2 Å². The third kappa shape index (κ3) is 2.22. The van der Waals surface area contributed by atoms with Crippen molar-refractivity contribution in [2.45, 2.75) is 13.8 Å². The van der Waals surface area contributed by atoms with E-state index in [1.807, 2.05) is 26.0 Å². The molecule has 0 aliphatic rings. The molecule has 2 heteroatoms. The lowest BCUT2D eigenvalue weighted by Crippen LogP contribution is -2.03. The normalized spacial score (nSPS) is 11.7. The Hall–Kier alpha value is -0.550. The first kappa shape index (κ1) is 9.54. The van der Waals surface area contributed by atoms with Crippen molar-refractivity contribution in [1.29, 1.82) is 0 Å². The van der Waals surface area contributed by atoms with E-state index >= 15 is 0 Å². The Labute approximate surface area is 74.2 Å². The summed E-state index contributed by atoms with van der Waals surface area (Å²) in [7, 11) is -2.07. The van der Waals surface area contributed by atoms with Crippen LogP contribution in [-0.2, 0) is 4.57 Å². The maximum Gasteiger partial charge on any atom is 0.109 e. The summed E-state index contributed by atoms with van der Waals surface area (Å²) >= 11 is 0. The fraction of sp³-hybridized carbons (Fsp3) is 0.400. The highest BCUT2D eigenvalue weighted by molar-refractivity contribution is 7.70. The lowest BCUT2D eigenvalue weighted by atomic mass is 10.2. The molecule has 0 aromatic heterocycles. The average molecular weight is 182 g/mol. The zero-order valence-corrected chi connectivity index (χ0v) is 8.98. The van der Waals surface area contributed by atoms with Crippen molar-refractivity contribution in [3.8, 4) is 0 Å². The summed E-state index contributed by atoms with van der Waals surface area (Å²) in [5, 5.41) is 0.986. The first-order valence-electron chi connectivity index (χ1n) is 4.03. The first-order chi connectivity index (χ1) is 5.39. The number of hydrogen-bond acceptors (Lipinski definition) is 1. The van der Waals surface area contributed by atoms with E-state index in [1.54, 1.807) is 13.3 Å². The first-order valence-corrected chi connectivity index (χ1v) is 6.63. The molecule has 66 valence electrons. The van der Waals surface area contributed by atoms with Gasteiger partial charge in [-0.05, 0) is 39.3 Å². The molecule has 0 atom stereocenters. The molecule has 0 amide bonds. The van der Waals surface area contributed by atoms with Crippen molar-refractivity contribution in [3.63, 3.8) is 0 Å². The van der Waals surface area contributed by atoms with Crippen molar-refractivity contribution in [3.05, 3.63) is 29.3 Å². The van der Waals surface area contributed by atoms with Gasteiger partial charge in [0.1, 0.15) is 7.14 Å². The van der Waals surface area contributed by atoms with Crippen LogP contribution in [0.15, 0.2) is 18.2 Å². The Bertz CT molecular complexity index is 315. The minimum Gasteiger partial charge on any atom is -0.319 e. The summed E-state index contributed by atoms with van der Waals surface area (Å²) in [6.45, 7) is 7.68. The van der Waals surface area contributed by atoms with Crippen LogP contribution in [0, 0.1) is 13.8 Å². The average Bonchev–Trinajstić information content (AvgIpc) is 1.82. The lowest BCUT2D eigenvalue weighted by molar-refractivity contribution is 0.588. The summed E-state index contributed by atoms with van der Waals surface area (Å²) in [4.78, 5) is 0. The summed E-state index contributed by atoms with van der Waals surface area (Å²) in [6.07, 6.45) is 0. The van der Waals surface area contributed by atoms with Crippen LogP contribution in [0.25, 0.3) is 0 Å². The molecule has 0 bridgehead atoms. The monoisotopic (exact) mass is 182 g/mol. The van der Waals surface area contributed by atoms with Crippen LogP contribution in [-0.4, -0.2) is 13.3 Å². The summed E-state index contributed by atoms with van der Waals surface area (Å²) < 4.78 is 11.7. The molecule has 0 unspecified atom stereocenters. The fourth-order valence-corrected chi connectivity index (χ4v) is 2.29. The Kier molecular flexibility index (Phi) is 2.44. The SMILES string of the molecule is Cc1cc(C)cc(P(C)(C)=O)c1. The van der Waals surface area contributed by atoms with Gasteiger partial charge in [-0.15, -0.1) is 0 Å². The zero-order chi connectivity index (χ0) is 9.35. The van der Waals surface area contributed by atoms with E-state index in [1.165, 1.54) is 11.1 Å². The molecular formula is C10H15OP. The predicted octanol–water partition coefficient (Wildman–Crippen LogP) is 2.55. The molecule has 12 heavy (non-hydrogen) atoms. The maximum absolute atomic E-state index is 11.7. The van der Waals surface area contributed by atoms with Gasteiger partial charge in [0.15, 0.2) is 0 Å². The summed E-state index contributed by atoms with van der Waals surface area (Å²) in [5.41, 5.74) is 2.38. The van der Waals surface area contributed by atoms with Crippen molar-refractivity contribution in [1.82, 2.24) is 0 Å². The number of aryl methyl sites for hydroxylation is 2. The van der Waals surface area contributed by atoms with Crippen LogP contribution >= 0.6 is 7.14 Å². The molecule has 0 saturated heterocycles. The zero-order valence-electron chi connectivity index (χ0n) is 8.09. The molecule has 0 N–H and O–H groups in total. The number of rotatable bonds is 1. The lowest BCUT2D eigenvalue weighted by Gasteiger charge is -2.08. The largest absolute Gasteiger partial charge is 0.319 e. The standard InChI is InChI=1S/C10H15OP/c1-8-5-9(2)7-10(6-8)12(3,4)11/h5-7H,1-4H3. The van der Waals surface area contributed by atoms with Gasteiger partial charge < -0.3 is 4.57 Å². The van der Waals surface area contributed by atoms with Crippen LogP contribution in [0.1, 0.15) is 11.1 Å². The van der Waals surface area contributed by atoms with E-state index < -0.39 is 7.14 Å². The molecule has 1 aromatic carbocycles. The van der Waals surface area contributed by atoms with Crippen LogP contribution in [0.3, 0.4) is 0 Å². The Morgan fingerprint density at radius 1 is 1.00 bits per heavy atom. The Morgan fingerprint density at radius 3 is 1.75 bits per heavy atom. The van der Waals surface area contributed by atoms with Gasteiger partial charge >= 0.3 is 0 Å². The number of benzene rings is 1. The molecule has 1 nitrogen and oxygen atoms in total. The van der Waals surface area contributed by atoms with E-state index in [9.17, 15) is 4.57 Å². The molecule has 1 rings (SSSR count). The van der Waals surface area contributed by atoms with Gasteiger partial charge in [0.05, 0.1) is 0 Å². The molecule has 0 aliphatic heterocycles.